The van der Waals surface area contributed by atoms with Gasteiger partial charge in [-0.05, 0) is 31.0 Å². The van der Waals surface area contributed by atoms with E-state index in [0.717, 1.165) is 24.6 Å². The highest BCUT2D eigenvalue weighted by atomic mass is 19.1. The van der Waals surface area contributed by atoms with Crippen LogP contribution in [0.25, 0.3) is 10.9 Å². The van der Waals surface area contributed by atoms with Crippen LogP contribution >= 0.6 is 0 Å². The zero-order chi connectivity index (χ0) is 15.2. The van der Waals surface area contributed by atoms with Crippen LogP contribution in [0.2, 0.25) is 0 Å². The van der Waals surface area contributed by atoms with Crippen LogP contribution in [0.15, 0.2) is 36.5 Å². The molecule has 0 amide bonds. The maximum absolute atomic E-state index is 14.3. The lowest BCUT2D eigenvalue weighted by Crippen LogP contribution is -2.35. The zero-order valence-corrected chi connectivity index (χ0v) is 12.2. The number of aromatic nitrogens is 1. The summed E-state index contributed by atoms with van der Waals surface area (Å²) in [6.07, 6.45) is 1.91. The first kappa shape index (κ1) is 14.0. The average Bonchev–Trinajstić information content (AvgIpc) is 2.51. The summed E-state index contributed by atoms with van der Waals surface area (Å²) in [5, 5.41) is 11.3. The first-order valence-electron chi connectivity index (χ1n) is 6.96. The predicted molar refractivity (Wildman–Crippen MR) is 79.7 cm³/mol. The van der Waals surface area contributed by atoms with E-state index in [1.807, 2.05) is 6.92 Å². The molecule has 2 aromatic rings. The van der Waals surface area contributed by atoms with Crippen LogP contribution < -0.4 is 4.74 Å². The Labute approximate surface area is 123 Å². The summed E-state index contributed by atoms with van der Waals surface area (Å²) in [6, 6.07) is 5.25. The van der Waals surface area contributed by atoms with Crippen molar-refractivity contribution >= 4 is 10.9 Å². The van der Waals surface area contributed by atoms with Gasteiger partial charge in [0.2, 0.25) is 0 Å². The summed E-state index contributed by atoms with van der Waals surface area (Å²) in [7, 11) is 1.55. The van der Waals surface area contributed by atoms with Crippen molar-refractivity contribution in [3.63, 3.8) is 0 Å². The van der Waals surface area contributed by atoms with E-state index in [4.69, 9.17) is 4.74 Å². The van der Waals surface area contributed by atoms with Crippen molar-refractivity contribution in [3.8, 4) is 5.75 Å². The second kappa shape index (κ2) is 4.81. The minimum atomic E-state index is -0.934. The van der Waals surface area contributed by atoms with Gasteiger partial charge in [-0.25, -0.2) is 4.39 Å². The first-order valence-corrected chi connectivity index (χ1v) is 6.96. The van der Waals surface area contributed by atoms with E-state index in [2.05, 4.69) is 11.6 Å². The molecule has 1 heterocycles. The molecule has 3 nitrogen and oxygen atoms in total. The lowest BCUT2D eigenvalue weighted by Gasteiger charge is -2.45. The van der Waals surface area contributed by atoms with Gasteiger partial charge in [-0.15, -0.1) is 0 Å². The number of nitrogens with zero attached hydrogens (tertiary/aromatic N) is 1. The molecule has 0 radical (unpaired) electrons. The van der Waals surface area contributed by atoms with Crippen LogP contribution in [0.1, 0.15) is 31.4 Å². The average molecular weight is 287 g/mol. The molecule has 2 unspecified atom stereocenters. The molecule has 0 bridgehead atoms. The number of methoxy groups -OCH3 is 1. The summed E-state index contributed by atoms with van der Waals surface area (Å²) < 4.78 is 19.5. The summed E-state index contributed by atoms with van der Waals surface area (Å²) >= 11 is 0. The van der Waals surface area contributed by atoms with Crippen LogP contribution in [-0.2, 0) is 0 Å². The number of hydrogen-bond donors (Lipinski definition) is 1. The third-order valence-corrected chi connectivity index (χ3v) is 4.70. The Morgan fingerprint density at radius 1 is 1.48 bits per heavy atom. The maximum Gasteiger partial charge on any atom is 0.147 e. The van der Waals surface area contributed by atoms with E-state index in [0.29, 0.717) is 16.7 Å². The summed E-state index contributed by atoms with van der Waals surface area (Å²) in [5.74, 6) is 0.116. The Morgan fingerprint density at radius 2 is 2.24 bits per heavy atom. The van der Waals surface area contributed by atoms with Crippen LogP contribution in [0.5, 0.6) is 5.75 Å². The summed E-state index contributed by atoms with van der Waals surface area (Å²) in [4.78, 5) is 4.08. The standard InChI is InChI=1S/C17H18FNO2/c1-10-6-7-17(10,2)16(20)15-12-8-11(21-3)4-5-14(12)19-9-13(15)18/h4-5,8-9,16,20H,1,6-7H2,2-3H3. The number of hydrogen-bond acceptors (Lipinski definition) is 3. The highest BCUT2D eigenvalue weighted by molar-refractivity contribution is 5.84. The van der Waals surface area contributed by atoms with E-state index >= 15 is 0 Å². The van der Waals surface area contributed by atoms with E-state index in [9.17, 15) is 9.50 Å². The van der Waals surface area contributed by atoms with Crippen molar-refractivity contribution in [3.05, 3.63) is 47.9 Å². The molecule has 1 fully saturated rings. The second-order valence-electron chi connectivity index (χ2n) is 5.83. The third-order valence-electron chi connectivity index (χ3n) is 4.70. The monoisotopic (exact) mass is 287 g/mol. The van der Waals surface area contributed by atoms with Gasteiger partial charge in [-0.3, -0.25) is 4.98 Å². The molecule has 0 spiro atoms. The molecular weight excluding hydrogens is 269 g/mol. The Morgan fingerprint density at radius 3 is 2.81 bits per heavy atom. The minimum absolute atomic E-state index is 0.280. The van der Waals surface area contributed by atoms with Gasteiger partial charge in [0.15, 0.2) is 0 Å². The lowest BCUT2D eigenvalue weighted by molar-refractivity contribution is 0.0248. The Bertz CT molecular complexity index is 728. The molecule has 21 heavy (non-hydrogen) atoms. The number of halogens is 1. The fourth-order valence-corrected chi connectivity index (χ4v) is 2.92. The van der Waals surface area contributed by atoms with Crippen molar-refractivity contribution in [1.29, 1.82) is 0 Å². The Kier molecular flexibility index (Phi) is 3.21. The smallest absolute Gasteiger partial charge is 0.147 e. The minimum Gasteiger partial charge on any atom is -0.497 e. The van der Waals surface area contributed by atoms with Gasteiger partial charge in [0.05, 0.1) is 24.9 Å². The van der Waals surface area contributed by atoms with E-state index in [1.54, 1.807) is 25.3 Å². The van der Waals surface area contributed by atoms with Gasteiger partial charge in [0.1, 0.15) is 11.6 Å². The fraction of sp³-hybridized carbons (Fsp3) is 0.353. The zero-order valence-electron chi connectivity index (χ0n) is 12.2. The molecule has 1 saturated carbocycles. The highest BCUT2D eigenvalue weighted by Gasteiger charge is 2.44. The molecular formula is C17H18FNO2. The van der Waals surface area contributed by atoms with Gasteiger partial charge in [0, 0.05) is 16.4 Å². The molecule has 2 atom stereocenters. The number of aliphatic hydroxyl groups excluding tert-OH is 1. The van der Waals surface area contributed by atoms with Crippen molar-refractivity contribution in [1.82, 2.24) is 4.98 Å². The quantitative estimate of drug-likeness (QED) is 0.874. The molecule has 1 aromatic heterocycles. The molecule has 4 heteroatoms. The Balaban J connectivity index is 2.20. The van der Waals surface area contributed by atoms with Crippen LogP contribution in [0.4, 0.5) is 4.39 Å². The molecule has 1 N–H and O–H groups in total. The molecule has 1 aliphatic rings. The van der Waals surface area contributed by atoms with Crippen molar-refractivity contribution in [2.24, 2.45) is 5.41 Å². The maximum atomic E-state index is 14.3. The van der Waals surface area contributed by atoms with Gasteiger partial charge < -0.3 is 9.84 Å². The molecule has 3 rings (SSSR count). The number of fused-ring (bicyclic) bond motifs is 1. The number of benzene rings is 1. The number of rotatable bonds is 3. The molecule has 0 aliphatic heterocycles. The van der Waals surface area contributed by atoms with E-state index < -0.39 is 17.3 Å². The summed E-state index contributed by atoms with van der Waals surface area (Å²) in [6.45, 7) is 5.91. The summed E-state index contributed by atoms with van der Waals surface area (Å²) in [5.41, 5.74) is 1.40. The largest absolute Gasteiger partial charge is 0.497 e. The number of ether oxygens (including phenoxy) is 1. The van der Waals surface area contributed by atoms with Crippen LogP contribution in [0.3, 0.4) is 0 Å². The third kappa shape index (κ3) is 2.02. The number of aliphatic hydroxyl groups is 1. The Hall–Kier alpha value is -1.94. The van der Waals surface area contributed by atoms with Gasteiger partial charge in [0.25, 0.3) is 0 Å². The molecule has 1 aliphatic carbocycles. The second-order valence-corrected chi connectivity index (χ2v) is 5.83. The highest BCUT2D eigenvalue weighted by Crippen LogP contribution is 2.54. The SMILES string of the molecule is C=C1CCC1(C)C(O)c1c(F)cnc2ccc(OC)cc12. The van der Waals surface area contributed by atoms with Gasteiger partial charge in [-0.1, -0.05) is 19.1 Å². The topological polar surface area (TPSA) is 42.4 Å². The molecule has 110 valence electrons. The van der Waals surface area contributed by atoms with E-state index in [1.165, 1.54) is 0 Å². The van der Waals surface area contributed by atoms with E-state index in [-0.39, 0.29) is 5.56 Å². The molecule has 1 aromatic carbocycles. The van der Waals surface area contributed by atoms with Crippen molar-refractivity contribution in [2.45, 2.75) is 25.9 Å². The van der Waals surface area contributed by atoms with Gasteiger partial charge >= 0.3 is 0 Å². The van der Waals surface area contributed by atoms with Crippen molar-refractivity contribution < 1.29 is 14.2 Å². The number of pyridine rings is 1. The van der Waals surface area contributed by atoms with Crippen LogP contribution in [0, 0.1) is 11.2 Å². The molecule has 0 saturated heterocycles. The van der Waals surface area contributed by atoms with Crippen molar-refractivity contribution in [2.75, 3.05) is 7.11 Å². The van der Waals surface area contributed by atoms with Crippen LogP contribution in [-0.4, -0.2) is 17.2 Å². The lowest BCUT2D eigenvalue weighted by atomic mass is 9.61. The first-order chi connectivity index (χ1) is 9.97. The van der Waals surface area contributed by atoms with Gasteiger partial charge in [-0.2, -0.15) is 0 Å². The fourth-order valence-electron chi connectivity index (χ4n) is 2.92. The predicted octanol–water partition coefficient (Wildman–Crippen LogP) is 3.77. The normalized spacial score (nSPS) is 23.0.